The Morgan fingerprint density at radius 2 is 1.64 bits per heavy atom. The van der Waals surface area contributed by atoms with E-state index < -0.39 is 0 Å². The van der Waals surface area contributed by atoms with Crippen molar-refractivity contribution >= 4 is 17.7 Å². The third-order valence-electron chi connectivity index (χ3n) is 4.07. The second kappa shape index (κ2) is 6.73. The molecule has 0 bridgehead atoms. The van der Waals surface area contributed by atoms with Crippen LogP contribution in [0.2, 0.25) is 0 Å². The molecule has 0 radical (unpaired) electrons. The minimum Gasteiger partial charge on any atom is -0.349 e. The van der Waals surface area contributed by atoms with Gasteiger partial charge in [0.25, 0.3) is 5.91 Å². The number of imide groups is 1. The van der Waals surface area contributed by atoms with Gasteiger partial charge in [-0.3, -0.25) is 19.3 Å². The number of hydrogen-bond donors (Lipinski definition) is 1. The molecular weight excluding hydrogens is 280 g/mol. The van der Waals surface area contributed by atoms with Crippen LogP contribution in [0.25, 0.3) is 0 Å². The highest BCUT2D eigenvalue weighted by atomic mass is 16.2. The van der Waals surface area contributed by atoms with E-state index in [0.717, 1.165) is 5.56 Å². The van der Waals surface area contributed by atoms with Gasteiger partial charge in [0, 0.05) is 24.4 Å². The van der Waals surface area contributed by atoms with Gasteiger partial charge in [-0.2, -0.15) is 0 Å². The van der Waals surface area contributed by atoms with Crippen molar-refractivity contribution < 1.29 is 14.4 Å². The summed E-state index contributed by atoms with van der Waals surface area (Å²) in [5.74, 6) is 0.00615. The van der Waals surface area contributed by atoms with Gasteiger partial charge >= 0.3 is 0 Å². The summed E-state index contributed by atoms with van der Waals surface area (Å²) < 4.78 is 0. The van der Waals surface area contributed by atoms with Crippen molar-refractivity contribution in [3.05, 3.63) is 35.4 Å². The highest BCUT2D eigenvalue weighted by Crippen LogP contribution is 2.16. The monoisotopic (exact) mass is 302 g/mol. The predicted molar refractivity (Wildman–Crippen MR) is 83.0 cm³/mol. The molecule has 5 nitrogen and oxygen atoms in total. The molecule has 1 N–H and O–H groups in total. The normalized spacial score (nSPS) is 16.3. The van der Waals surface area contributed by atoms with E-state index in [0.29, 0.717) is 24.3 Å². The van der Waals surface area contributed by atoms with Gasteiger partial charge in [0.15, 0.2) is 0 Å². The average molecular weight is 302 g/mol. The van der Waals surface area contributed by atoms with Crippen molar-refractivity contribution in [2.75, 3.05) is 0 Å². The van der Waals surface area contributed by atoms with Crippen LogP contribution in [0.4, 0.5) is 0 Å². The molecule has 0 saturated carbocycles. The topological polar surface area (TPSA) is 66.5 Å². The van der Waals surface area contributed by atoms with Crippen molar-refractivity contribution in [2.45, 2.75) is 46.2 Å². The summed E-state index contributed by atoms with van der Waals surface area (Å²) in [5.41, 5.74) is 1.42. The first kappa shape index (κ1) is 16.2. The van der Waals surface area contributed by atoms with Gasteiger partial charge in [-0.25, -0.2) is 0 Å². The molecule has 1 aromatic rings. The lowest BCUT2D eigenvalue weighted by Crippen LogP contribution is -2.36. The van der Waals surface area contributed by atoms with Crippen LogP contribution >= 0.6 is 0 Å². The lowest BCUT2D eigenvalue weighted by atomic mass is 10.1. The molecule has 0 aliphatic carbocycles. The number of benzene rings is 1. The van der Waals surface area contributed by atoms with Crippen LogP contribution in [0.5, 0.6) is 0 Å². The van der Waals surface area contributed by atoms with Crippen LogP contribution in [0.15, 0.2) is 24.3 Å². The number of carbonyl (C=O) groups is 3. The largest absolute Gasteiger partial charge is 0.349 e. The van der Waals surface area contributed by atoms with Crippen LogP contribution in [0.3, 0.4) is 0 Å². The molecule has 118 valence electrons. The van der Waals surface area contributed by atoms with Crippen molar-refractivity contribution in [3.63, 3.8) is 0 Å². The Kier molecular flexibility index (Phi) is 4.96. The molecule has 1 aliphatic rings. The first-order chi connectivity index (χ1) is 10.4. The van der Waals surface area contributed by atoms with Crippen LogP contribution in [-0.4, -0.2) is 28.7 Å². The molecule has 0 unspecified atom stereocenters. The Hall–Kier alpha value is -2.17. The molecule has 2 rings (SSSR count). The zero-order valence-electron chi connectivity index (χ0n) is 13.3. The molecular formula is C17H22N2O3. The number of hydrogen-bond acceptors (Lipinski definition) is 3. The van der Waals surface area contributed by atoms with E-state index in [-0.39, 0.29) is 30.3 Å². The van der Waals surface area contributed by atoms with E-state index in [1.54, 1.807) is 24.3 Å². The maximum atomic E-state index is 12.1. The van der Waals surface area contributed by atoms with Crippen LogP contribution in [0, 0.1) is 5.92 Å². The molecule has 1 fully saturated rings. The van der Waals surface area contributed by atoms with E-state index >= 15 is 0 Å². The van der Waals surface area contributed by atoms with Gasteiger partial charge in [-0.05, 0) is 30.5 Å². The standard InChI is InChI=1S/C17H22N2O3/c1-11(2)12(3)18-17(22)14-6-4-13(5-7-14)10-19-15(20)8-9-16(19)21/h4-7,11-12H,8-10H2,1-3H3,(H,18,22)/t12-/m1/s1. The molecule has 5 heteroatoms. The smallest absolute Gasteiger partial charge is 0.251 e. The minimum absolute atomic E-state index is 0.104. The van der Waals surface area contributed by atoms with E-state index in [1.807, 2.05) is 6.92 Å². The number of nitrogens with zero attached hydrogens (tertiary/aromatic N) is 1. The van der Waals surface area contributed by atoms with Gasteiger partial charge < -0.3 is 5.32 Å². The highest BCUT2D eigenvalue weighted by Gasteiger charge is 2.28. The van der Waals surface area contributed by atoms with Gasteiger partial charge in [0.2, 0.25) is 11.8 Å². The molecule has 1 aliphatic heterocycles. The molecule has 1 saturated heterocycles. The summed E-state index contributed by atoms with van der Waals surface area (Å²) in [6.45, 7) is 6.36. The van der Waals surface area contributed by atoms with E-state index in [9.17, 15) is 14.4 Å². The quantitative estimate of drug-likeness (QED) is 0.847. The number of rotatable bonds is 5. The highest BCUT2D eigenvalue weighted by molar-refractivity contribution is 6.01. The first-order valence-corrected chi connectivity index (χ1v) is 7.61. The van der Waals surface area contributed by atoms with Crippen LogP contribution < -0.4 is 5.32 Å². The number of amides is 3. The van der Waals surface area contributed by atoms with Crippen LogP contribution in [0.1, 0.15) is 49.5 Å². The number of carbonyl (C=O) groups excluding carboxylic acids is 3. The fraction of sp³-hybridized carbons (Fsp3) is 0.471. The van der Waals surface area contributed by atoms with Crippen molar-refractivity contribution in [2.24, 2.45) is 5.92 Å². The van der Waals surface area contributed by atoms with Crippen molar-refractivity contribution in [3.8, 4) is 0 Å². The summed E-state index contributed by atoms with van der Waals surface area (Å²) in [4.78, 5) is 36.5. The van der Waals surface area contributed by atoms with Gasteiger partial charge in [-0.15, -0.1) is 0 Å². The van der Waals surface area contributed by atoms with Crippen molar-refractivity contribution in [1.29, 1.82) is 0 Å². The summed E-state index contributed by atoms with van der Waals surface area (Å²) >= 11 is 0. The maximum Gasteiger partial charge on any atom is 0.251 e. The fourth-order valence-electron chi connectivity index (χ4n) is 2.20. The number of nitrogens with one attached hydrogen (secondary N) is 1. The molecule has 0 aromatic heterocycles. The Balaban J connectivity index is 1.99. The molecule has 0 spiro atoms. The minimum atomic E-state index is -0.127. The zero-order valence-corrected chi connectivity index (χ0v) is 13.3. The lowest BCUT2D eigenvalue weighted by Gasteiger charge is -2.18. The predicted octanol–water partition coefficient (Wildman–Crippen LogP) is 2.11. The summed E-state index contributed by atoms with van der Waals surface area (Å²) in [7, 11) is 0. The second-order valence-electron chi connectivity index (χ2n) is 6.08. The summed E-state index contributed by atoms with van der Waals surface area (Å²) in [5, 5.41) is 2.94. The van der Waals surface area contributed by atoms with Crippen molar-refractivity contribution in [1.82, 2.24) is 10.2 Å². The molecule has 22 heavy (non-hydrogen) atoms. The maximum absolute atomic E-state index is 12.1. The Morgan fingerprint density at radius 3 is 2.14 bits per heavy atom. The third-order valence-corrected chi connectivity index (χ3v) is 4.07. The molecule has 1 aromatic carbocycles. The van der Waals surface area contributed by atoms with Gasteiger partial charge in [-0.1, -0.05) is 26.0 Å². The van der Waals surface area contributed by atoms with Gasteiger partial charge in [0.05, 0.1) is 6.54 Å². The third kappa shape index (κ3) is 3.72. The second-order valence-corrected chi connectivity index (χ2v) is 6.08. The van der Waals surface area contributed by atoms with E-state index in [2.05, 4.69) is 19.2 Å². The Morgan fingerprint density at radius 1 is 1.09 bits per heavy atom. The summed E-state index contributed by atoms with van der Waals surface area (Å²) in [6.07, 6.45) is 0.596. The van der Waals surface area contributed by atoms with Gasteiger partial charge in [0.1, 0.15) is 0 Å². The molecule has 1 atom stereocenters. The average Bonchev–Trinajstić information content (AvgIpc) is 2.79. The molecule has 3 amide bonds. The van der Waals surface area contributed by atoms with E-state index in [4.69, 9.17) is 0 Å². The SMILES string of the molecule is CC(C)[C@@H](C)NC(=O)c1ccc(CN2C(=O)CCC2=O)cc1. The van der Waals surface area contributed by atoms with Crippen LogP contribution in [-0.2, 0) is 16.1 Å². The Labute approximate surface area is 130 Å². The lowest BCUT2D eigenvalue weighted by molar-refractivity contribution is -0.139. The molecule has 1 heterocycles. The number of likely N-dealkylation sites (tertiary alicyclic amines) is 1. The summed E-state index contributed by atoms with van der Waals surface area (Å²) in [6, 6.07) is 7.12. The fourth-order valence-corrected chi connectivity index (χ4v) is 2.20. The zero-order chi connectivity index (χ0) is 16.3. The first-order valence-electron chi connectivity index (χ1n) is 7.61. The Bertz CT molecular complexity index is 562. The van der Waals surface area contributed by atoms with E-state index in [1.165, 1.54) is 4.90 Å².